The van der Waals surface area contributed by atoms with Gasteiger partial charge in [-0.3, -0.25) is 14.5 Å². The first-order valence-corrected chi connectivity index (χ1v) is 12.1. The zero-order chi connectivity index (χ0) is 22.6. The van der Waals surface area contributed by atoms with Gasteiger partial charge in [-0.25, -0.2) is 0 Å². The van der Waals surface area contributed by atoms with E-state index >= 15 is 0 Å². The molecule has 0 aromatic heterocycles. The van der Waals surface area contributed by atoms with E-state index in [4.69, 9.17) is 9.47 Å². The van der Waals surface area contributed by atoms with E-state index in [0.717, 1.165) is 29.7 Å². The van der Waals surface area contributed by atoms with Gasteiger partial charge in [0.05, 0.1) is 29.9 Å². The Bertz CT molecular complexity index is 954. The van der Waals surface area contributed by atoms with E-state index in [9.17, 15) is 9.59 Å². The molecule has 1 aliphatic carbocycles. The van der Waals surface area contributed by atoms with Crippen molar-refractivity contribution in [1.82, 2.24) is 5.32 Å². The lowest BCUT2D eigenvalue weighted by Crippen LogP contribution is -2.63. The summed E-state index contributed by atoms with van der Waals surface area (Å²) < 4.78 is 11.7. The lowest BCUT2D eigenvalue weighted by atomic mass is 9.65. The average molecular weight is 501 g/mol. The molecule has 1 saturated carbocycles. The number of carbonyl (C=O) groups is 2. The molecule has 2 amide bonds. The number of hydrogen-bond donors (Lipinski definition) is 1. The van der Waals surface area contributed by atoms with Gasteiger partial charge in [-0.05, 0) is 36.5 Å². The molecule has 6 nitrogen and oxygen atoms in total. The first-order valence-electron chi connectivity index (χ1n) is 11.0. The number of anilines is 1. The number of ether oxygens (including phenoxy) is 2. The Kier molecular flexibility index (Phi) is 7.28. The first-order chi connectivity index (χ1) is 15.6. The van der Waals surface area contributed by atoms with E-state index in [1.165, 1.54) is 0 Å². The Balaban J connectivity index is 1.71. The number of hydrogen-bond acceptors (Lipinski definition) is 4. The van der Waals surface area contributed by atoms with E-state index in [2.05, 4.69) is 21.2 Å². The second-order valence-electron chi connectivity index (χ2n) is 8.35. The molecular formula is C25H29BrN2O4. The largest absolute Gasteiger partial charge is 0.371 e. The molecule has 1 aliphatic heterocycles. The predicted molar refractivity (Wildman–Crippen MR) is 127 cm³/mol. The van der Waals surface area contributed by atoms with Crippen molar-refractivity contribution in [1.29, 1.82) is 0 Å². The van der Waals surface area contributed by atoms with Crippen molar-refractivity contribution >= 4 is 33.4 Å². The number of halogens is 1. The Morgan fingerprint density at radius 1 is 1.19 bits per heavy atom. The van der Waals surface area contributed by atoms with Crippen LogP contribution in [0, 0.1) is 0 Å². The molecule has 32 heavy (non-hydrogen) atoms. The first kappa shape index (κ1) is 23.0. The fourth-order valence-electron chi connectivity index (χ4n) is 5.08. The second-order valence-corrected chi connectivity index (χ2v) is 9.14. The molecule has 1 N–H and O–H groups in total. The number of rotatable bonds is 8. The standard InChI is InChI=1S/C25H29BrN2O4/c1-31-17-28-20-11-6-5-10-19(20)25(24(28)30)14-7-12-21(23(25)27-22(29)13-15-26)32-16-18-8-3-2-4-9-18/h2-6,8-11,21,23H,7,12-17H2,1H3,(H,27,29)/t21-,23+,25+/m1/s1. The van der Waals surface area contributed by atoms with E-state index in [0.29, 0.717) is 24.8 Å². The number of para-hydroxylation sites is 1. The number of alkyl halides is 1. The molecule has 2 aromatic carbocycles. The summed E-state index contributed by atoms with van der Waals surface area (Å²) in [5.41, 5.74) is 2.00. The maximum atomic E-state index is 13.9. The van der Waals surface area contributed by atoms with Gasteiger partial charge in [-0.2, -0.15) is 0 Å². The minimum atomic E-state index is -0.864. The van der Waals surface area contributed by atoms with Crippen molar-refractivity contribution in [3.8, 4) is 0 Å². The molecule has 4 rings (SSSR count). The van der Waals surface area contributed by atoms with Crippen LogP contribution in [0.15, 0.2) is 54.6 Å². The Morgan fingerprint density at radius 3 is 2.69 bits per heavy atom. The highest BCUT2D eigenvalue weighted by atomic mass is 79.9. The Hall–Kier alpha value is -2.22. The van der Waals surface area contributed by atoms with Crippen molar-refractivity contribution in [2.45, 2.75) is 49.9 Å². The number of benzene rings is 2. The van der Waals surface area contributed by atoms with Crippen molar-refractivity contribution in [2.75, 3.05) is 24.1 Å². The molecule has 2 aliphatic rings. The summed E-state index contributed by atoms with van der Waals surface area (Å²) in [5.74, 6) is -0.116. The lowest BCUT2D eigenvalue weighted by Gasteiger charge is -2.45. The molecule has 0 saturated heterocycles. The smallest absolute Gasteiger partial charge is 0.241 e. The summed E-state index contributed by atoms with van der Waals surface area (Å²) in [4.78, 5) is 28.4. The van der Waals surface area contributed by atoms with Crippen LogP contribution in [-0.4, -0.2) is 43.1 Å². The molecule has 2 aromatic rings. The number of amides is 2. The van der Waals surface area contributed by atoms with Crippen molar-refractivity contribution in [3.05, 3.63) is 65.7 Å². The average Bonchev–Trinajstić information content (AvgIpc) is 3.04. The quantitative estimate of drug-likeness (QED) is 0.557. The van der Waals surface area contributed by atoms with Crippen LogP contribution in [0.4, 0.5) is 5.69 Å². The van der Waals surface area contributed by atoms with Crippen LogP contribution >= 0.6 is 15.9 Å². The summed E-state index contributed by atoms with van der Waals surface area (Å²) in [6.45, 7) is 0.610. The van der Waals surface area contributed by atoms with Crippen LogP contribution in [0.3, 0.4) is 0 Å². The second kappa shape index (κ2) is 10.1. The molecular weight excluding hydrogens is 472 g/mol. The highest BCUT2D eigenvalue weighted by Crippen LogP contribution is 2.50. The predicted octanol–water partition coefficient (Wildman–Crippen LogP) is 3.91. The summed E-state index contributed by atoms with van der Waals surface area (Å²) >= 11 is 3.35. The van der Waals surface area contributed by atoms with Crippen molar-refractivity contribution < 1.29 is 19.1 Å². The maximum Gasteiger partial charge on any atom is 0.241 e. The SMILES string of the molecule is COCN1C(=O)[C@@]2(CCC[C@@H](OCc3ccccc3)[C@@H]2NC(=O)CCBr)c2ccccc21. The fraction of sp³-hybridized carbons (Fsp3) is 0.440. The number of fused-ring (bicyclic) bond motifs is 2. The van der Waals surface area contributed by atoms with Crippen LogP contribution in [0.2, 0.25) is 0 Å². The van der Waals surface area contributed by atoms with Gasteiger partial charge < -0.3 is 14.8 Å². The van der Waals surface area contributed by atoms with Crippen molar-refractivity contribution in [2.24, 2.45) is 0 Å². The molecule has 1 spiro atoms. The minimum absolute atomic E-state index is 0.0299. The molecule has 0 unspecified atom stereocenters. The Morgan fingerprint density at radius 2 is 1.94 bits per heavy atom. The van der Waals surface area contributed by atoms with Crippen LogP contribution in [0.1, 0.15) is 36.8 Å². The van der Waals surface area contributed by atoms with Gasteiger partial charge in [0.15, 0.2) is 0 Å². The molecule has 0 radical (unpaired) electrons. The summed E-state index contributed by atoms with van der Waals surface area (Å²) in [7, 11) is 1.59. The molecule has 0 bridgehead atoms. The third-order valence-corrected chi connectivity index (χ3v) is 6.86. The lowest BCUT2D eigenvalue weighted by molar-refractivity contribution is -0.133. The fourth-order valence-corrected chi connectivity index (χ4v) is 5.44. The number of nitrogens with one attached hydrogen (secondary N) is 1. The highest BCUT2D eigenvalue weighted by Gasteiger charge is 2.59. The van der Waals surface area contributed by atoms with E-state index in [1.54, 1.807) is 12.0 Å². The van der Waals surface area contributed by atoms with Gasteiger partial charge in [0.2, 0.25) is 11.8 Å². The number of methoxy groups -OCH3 is 1. The molecule has 170 valence electrons. The van der Waals surface area contributed by atoms with E-state index in [-0.39, 0.29) is 24.6 Å². The third-order valence-electron chi connectivity index (χ3n) is 6.47. The van der Waals surface area contributed by atoms with Crippen LogP contribution < -0.4 is 10.2 Å². The maximum absolute atomic E-state index is 13.9. The minimum Gasteiger partial charge on any atom is -0.371 e. The molecule has 3 atom stereocenters. The van der Waals surface area contributed by atoms with Crippen molar-refractivity contribution in [3.63, 3.8) is 0 Å². The van der Waals surface area contributed by atoms with Gasteiger partial charge in [0, 0.05) is 18.9 Å². The number of carbonyl (C=O) groups excluding carboxylic acids is 2. The summed E-state index contributed by atoms with van der Waals surface area (Å²) in [6, 6.07) is 17.4. The van der Waals surface area contributed by atoms with Crippen LogP contribution in [0.25, 0.3) is 0 Å². The van der Waals surface area contributed by atoms with Crippen LogP contribution in [0.5, 0.6) is 0 Å². The van der Waals surface area contributed by atoms with E-state index in [1.807, 2.05) is 54.6 Å². The Labute approximate surface area is 197 Å². The van der Waals surface area contributed by atoms with Gasteiger partial charge in [-0.15, -0.1) is 0 Å². The van der Waals surface area contributed by atoms with Gasteiger partial charge in [0.25, 0.3) is 0 Å². The van der Waals surface area contributed by atoms with Gasteiger partial charge in [0.1, 0.15) is 6.73 Å². The molecule has 1 fully saturated rings. The normalized spacial score (nSPS) is 24.6. The monoisotopic (exact) mass is 500 g/mol. The van der Waals surface area contributed by atoms with Crippen LogP contribution in [-0.2, 0) is 31.1 Å². The van der Waals surface area contributed by atoms with Gasteiger partial charge in [-0.1, -0.05) is 64.5 Å². The number of nitrogens with zero attached hydrogens (tertiary/aromatic N) is 1. The zero-order valence-corrected chi connectivity index (χ0v) is 19.8. The van der Waals surface area contributed by atoms with E-state index < -0.39 is 11.5 Å². The molecule has 7 heteroatoms. The summed E-state index contributed by atoms with van der Waals surface area (Å²) in [6.07, 6.45) is 2.35. The highest BCUT2D eigenvalue weighted by molar-refractivity contribution is 9.09. The van der Waals surface area contributed by atoms with Gasteiger partial charge >= 0.3 is 0 Å². The zero-order valence-electron chi connectivity index (χ0n) is 18.3. The summed E-state index contributed by atoms with van der Waals surface area (Å²) in [5, 5.41) is 3.75. The topological polar surface area (TPSA) is 67.9 Å². The third kappa shape index (κ3) is 4.21. The molecule has 1 heterocycles.